The molecule has 0 N–H and O–H groups in total. The molecule has 0 amide bonds. The first-order valence-corrected chi connectivity index (χ1v) is 20.0. The zero-order valence-electron chi connectivity index (χ0n) is 33.9. The molecule has 3 heteroatoms. The van der Waals surface area contributed by atoms with E-state index < -0.39 is 0 Å². The molecule has 2 nitrogen and oxygen atoms in total. The molecular formula is C47H76N2Ni. The molecule has 0 fully saturated rings. The summed E-state index contributed by atoms with van der Waals surface area (Å²) in [7, 11) is 0. The maximum atomic E-state index is 9.91. The minimum absolute atomic E-state index is 0. The van der Waals surface area contributed by atoms with E-state index >= 15 is 0 Å². The van der Waals surface area contributed by atoms with Crippen LogP contribution in [0.1, 0.15) is 197 Å². The molecular weight excluding hydrogens is 651 g/mol. The van der Waals surface area contributed by atoms with Gasteiger partial charge in [-0.1, -0.05) is 149 Å². The van der Waals surface area contributed by atoms with Gasteiger partial charge < -0.3 is 20.4 Å². The quantitative estimate of drug-likeness (QED) is 0.0176. The fourth-order valence-electron chi connectivity index (χ4n) is 6.85. The van der Waals surface area contributed by atoms with Gasteiger partial charge in [-0.25, -0.2) is 0 Å². The number of hydrogen-bond donors (Lipinski definition) is 0. The van der Waals surface area contributed by atoms with Crippen molar-refractivity contribution in [1.82, 2.24) is 0 Å². The van der Waals surface area contributed by atoms with Crippen molar-refractivity contribution >= 4 is 11.4 Å². The Morgan fingerprint density at radius 1 is 0.480 bits per heavy atom. The third-order valence-electron chi connectivity index (χ3n) is 9.62. The van der Waals surface area contributed by atoms with Crippen LogP contribution >= 0.6 is 0 Å². The zero-order chi connectivity index (χ0) is 34.1. The molecule has 0 aliphatic rings. The standard InChI is InChI=1S/C45H70N2.2CH3.Ni/c1-7-13-19-22-26-39-31-40(27-23-20-14-8-2)35-43(34-39)45(44(29-18-12-6)41(36-47-46)28-21-15-9-3)42-32-37(24-16-10-4)30-38(33-42)25-17-11-5;;;/h30-35H,7-29H2,1-6H3;2*1H3;/q;2*-1;+2. The number of allylic oxidation sites excluding steroid dienone is 2. The van der Waals surface area contributed by atoms with Crippen molar-refractivity contribution in [2.24, 2.45) is 0 Å². The third-order valence-corrected chi connectivity index (χ3v) is 9.62. The fraction of sp³-hybridized carbons (Fsp3) is 0.617. The Morgan fingerprint density at radius 3 is 1.24 bits per heavy atom. The van der Waals surface area contributed by atoms with Crippen molar-refractivity contribution in [3.05, 3.63) is 101 Å². The molecule has 284 valence electrons. The van der Waals surface area contributed by atoms with E-state index in [2.05, 4.69) is 88.6 Å². The van der Waals surface area contributed by atoms with Gasteiger partial charge in [0.15, 0.2) is 0 Å². The monoisotopic (exact) mass is 727 g/mol. The fourth-order valence-corrected chi connectivity index (χ4v) is 6.85. The summed E-state index contributed by atoms with van der Waals surface area (Å²) in [5, 5.41) is 0. The molecule has 0 aliphatic carbocycles. The second kappa shape index (κ2) is 31.6. The van der Waals surface area contributed by atoms with Gasteiger partial charge in [0.05, 0.1) is 5.57 Å². The molecule has 0 bridgehead atoms. The maximum Gasteiger partial charge on any atom is 2.00 e. The normalized spacial score (nSPS) is 11.0. The van der Waals surface area contributed by atoms with E-state index in [1.54, 1.807) is 0 Å². The molecule has 0 aliphatic heterocycles. The summed E-state index contributed by atoms with van der Waals surface area (Å²) in [6.45, 7) is 13.7. The van der Waals surface area contributed by atoms with Crippen LogP contribution in [0, 0.1) is 14.9 Å². The van der Waals surface area contributed by atoms with Crippen molar-refractivity contribution in [3.8, 4) is 0 Å². The molecule has 0 aromatic heterocycles. The minimum atomic E-state index is 0. The number of benzene rings is 2. The van der Waals surface area contributed by atoms with Crippen LogP contribution in [-0.4, -0.2) is 10.7 Å². The van der Waals surface area contributed by atoms with Gasteiger partial charge >= 0.3 is 22.4 Å². The molecule has 0 atom stereocenters. The van der Waals surface area contributed by atoms with E-state index in [1.807, 2.05) is 0 Å². The summed E-state index contributed by atoms with van der Waals surface area (Å²) < 4.78 is 0. The number of hydrogen-bond acceptors (Lipinski definition) is 0. The Morgan fingerprint density at radius 2 is 0.860 bits per heavy atom. The first kappa shape index (κ1) is 49.9. The van der Waals surface area contributed by atoms with Gasteiger partial charge in [-0.2, -0.15) is 0 Å². The smallest absolute Gasteiger partial charge is 0.358 e. The molecule has 2 aromatic rings. The molecule has 0 radical (unpaired) electrons. The largest absolute Gasteiger partial charge is 2.00 e. The van der Waals surface area contributed by atoms with Crippen molar-refractivity contribution in [1.29, 1.82) is 0 Å². The molecule has 0 unspecified atom stereocenters. The van der Waals surface area contributed by atoms with Gasteiger partial charge in [-0.15, -0.1) is 4.79 Å². The van der Waals surface area contributed by atoms with Gasteiger partial charge in [-0.05, 0) is 122 Å². The second-order valence-corrected chi connectivity index (χ2v) is 14.0. The van der Waals surface area contributed by atoms with Crippen LogP contribution in [0.3, 0.4) is 0 Å². The van der Waals surface area contributed by atoms with Crippen LogP contribution in [0.2, 0.25) is 0 Å². The topological polar surface area (TPSA) is 36.4 Å². The molecule has 2 rings (SSSR count). The van der Waals surface area contributed by atoms with E-state index in [-0.39, 0.29) is 31.3 Å². The van der Waals surface area contributed by atoms with Crippen molar-refractivity contribution < 1.29 is 21.3 Å². The number of nitrogens with zero attached hydrogens (tertiary/aromatic N) is 2. The average Bonchev–Trinajstić information content (AvgIpc) is 3.08. The van der Waals surface area contributed by atoms with Crippen molar-refractivity contribution in [2.75, 3.05) is 0 Å². The third kappa shape index (κ3) is 18.9. The van der Waals surface area contributed by atoms with E-state index in [1.165, 1.54) is 134 Å². The predicted octanol–water partition coefficient (Wildman–Crippen LogP) is 14.9. The molecule has 0 saturated carbocycles. The zero-order valence-corrected chi connectivity index (χ0v) is 34.9. The van der Waals surface area contributed by atoms with Crippen LogP contribution in [0.15, 0.2) is 47.5 Å². The van der Waals surface area contributed by atoms with Crippen LogP contribution in [0.25, 0.3) is 11.1 Å². The summed E-state index contributed by atoms with van der Waals surface area (Å²) in [6, 6.07) is 15.0. The van der Waals surface area contributed by atoms with Crippen LogP contribution in [-0.2, 0) is 42.2 Å². The first-order chi connectivity index (χ1) is 23.0. The molecule has 0 saturated heterocycles. The Balaban J connectivity index is 0. The molecule has 0 spiro atoms. The number of aryl methyl sites for hydroxylation is 4. The van der Waals surface area contributed by atoms with E-state index in [4.69, 9.17) is 0 Å². The predicted molar refractivity (Wildman–Crippen MR) is 220 cm³/mol. The van der Waals surface area contributed by atoms with Gasteiger partial charge in [0.2, 0.25) is 0 Å². The van der Waals surface area contributed by atoms with Crippen molar-refractivity contribution in [3.63, 3.8) is 0 Å². The summed E-state index contributed by atoms with van der Waals surface area (Å²) >= 11 is 0. The minimum Gasteiger partial charge on any atom is -0.358 e. The van der Waals surface area contributed by atoms with Gasteiger partial charge in [0.25, 0.3) is 0 Å². The SMILES string of the molecule is CCCCCCc1cc(CCCCCC)cc(C(=C(CCCC)C(=C=[N+]=[N-])CCCCC)c2cc(CCCC)cc(CCCC)c2)c1.[CH3-].[CH3-].[Ni+2]. The summed E-state index contributed by atoms with van der Waals surface area (Å²) in [4.78, 5) is 3.56. The number of rotatable bonds is 26. The van der Waals surface area contributed by atoms with E-state index in [9.17, 15) is 5.53 Å². The maximum absolute atomic E-state index is 9.91. The molecule has 2 aromatic carbocycles. The Hall–Kier alpha value is -2.17. The number of unbranched alkanes of at least 4 members (excludes halogenated alkanes) is 11. The van der Waals surface area contributed by atoms with Gasteiger partial charge in [0, 0.05) is 0 Å². The second-order valence-electron chi connectivity index (χ2n) is 14.0. The Labute approximate surface area is 322 Å². The van der Waals surface area contributed by atoms with E-state index in [0.717, 1.165) is 63.4 Å². The van der Waals surface area contributed by atoms with Crippen LogP contribution < -0.4 is 0 Å². The van der Waals surface area contributed by atoms with Crippen LogP contribution in [0.4, 0.5) is 0 Å². The summed E-state index contributed by atoms with van der Waals surface area (Å²) in [5.41, 5.74) is 22.3. The molecule has 50 heavy (non-hydrogen) atoms. The summed E-state index contributed by atoms with van der Waals surface area (Å²) in [5.74, 6) is 3.13. The average molecular weight is 728 g/mol. The Kier molecular flexibility index (Phi) is 31.5. The Bertz CT molecular complexity index is 1220. The van der Waals surface area contributed by atoms with Gasteiger partial charge in [-0.3, -0.25) is 0 Å². The van der Waals surface area contributed by atoms with Crippen molar-refractivity contribution in [2.45, 2.75) is 189 Å². The van der Waals surface area contributed by atoms with E-state index in [0.29, 0.717) is 0 Å². The molecule has 0 heterocycles. The first-order valence-electron chi connectivity index (χ1n) is 20.0. The summed E-state index contributed by atoms with van der Waals surface area (Å²) in [6.07, 6.45) is 27.2. The van der Waals surface area contributed by atoms with Gasteiger partial charge in [0.1, 0.15) is 0 Å². The van der Waals surface area contributed by atoms with Crippen LogP contribution in [0.5, 0.6) is 0 Å².